The number of amides is 1. The SMILES string of the molecule is CCN(SN(C)C(=S)Sc1ccccc1)P(O)(=S)N(CC)C(=O)CCl. The Morgan fingerprint density at radius 3 is 2.36 bits per heavy atom. The van der Waals surface area contributed by atoms with Crippen LogP contribution >= 0.6 is 54.3 Å². The van der Waals surface area contributed by atoms with Gasteiger partial charge in [0.1, 0.15) is 5.88 Å². The summed E-state index contributed by atoms with van der Waals surface area (Å²) < 4.78 is 5.27. The van der Waals surface area contributed by atoms with Crippen molar-refractivity contribution >= 4 is 76.3 Å². The molecule has 1 atom stereocenters. The van der Waals surface area contributed by atoms with E-state index < -0.39 is 6.57 Å². The Bertz CT molecular complexity index is 638. The molecule has 0 aliphatic carbocycles. The minimum atomic E-state index is -3.24. The Morgan fingerprint density at radius 2 is 1.88 bits per heavy atom. The summed E-state index contributed by atoms with van der Waals surface area (Å²) in [5.41, 5.74) is 0. The van der Waals surface area contributed by atoms with Gasteiger partial charge in [-0.05, 0) is 30.9 Å². The maximum atomic E-state index is 12.0. The Kier molecular flexibility index (Phi) is 10.3. The summed E-state index contributed by atoms with van der Waals surface area (Å²) in [5, 5.41) is 0. The predicted molar refractivity (Wildman–Crippen MR) is 117 cm³/mol. The molecule has 0 heterocycles. The lowest BCUT2D eigenvalue weighted by Gasteiger charge is -2.37. The number of thioether (sulfide) groups is 1. The van der Waals surface area contributed by atoms with E-state index in [-0.39, 0.29) is 11.8 Å². The third-order valence-corrected chi connectivity index (χ3v) is 10.2. The molecule has 0 aliphatic rings. The van der Waals surface area contributed by atoms with Gasteiger partial charge in [0.2, 0.25) is 12.5 Å². The van der Waals surface area contributed by atoms with Gasteiger partial charge in [0.05, 0.1) is 0 Å². The Labute approximate surface area is 173 Å². The van der Waals surface area contributed by atoms with Gasteiger partial charge >= 0.3 is 0 Å². The Hall–Kier alpha value is 0.140. The number of rotatable bonds is 8. The minimum Gasteiger partial charge on any atom is -0.338 e. The van der Waals surface area contributed by atoms with E-state index in [1.807, 2.05) is 37.3 Å². The van der Waals surface area contributed by atoms with Gasteiger partial charge in [0.15, 0.2) is 4.32 Å². The number of nitrogens with zero attached hydrogens (tertiary/aromatic N) is 3. The average Bonchev–Trinajstić information content (AvgIpc) is 2.60. The van der Waals surface area contributed by atoms with Crippen LogP contribution in [0.25, 0.3) is 0 Å². The monoisotopic (exact) mass is 457 g/mol. The van der Waals surface area contributed by atoms with Crippen molar-refractivity contribution < 1.29 is 9.69 Å². The standard InChI is InChI=1S/C14H21ClN3O2PS4/c1-4-17(13(19)11-15)21(20,23)18(5-2)25-16(3)14(22)24-12-9-7-6-8-10-12/h6-10H,4-5,11H2,1-3H3,(H,20,23). The first-order valence-corrected chi connectivity index (χ1v) is 12.6. The zero-order chi connectivity index (χ0) is 19.0. The highest BCUT2D eigenvalue weighted by atomic mass is 35.5. The minimum absolute atomic E-state index is 0.215. The molecule has 25 heavy (non-hydrogen) atoms. The van der Waals surface area contributed by atoms with Crippen LogP contribution in [0, 0.1) is 0 Å². The normalized spacial score (nSPS) is 13.4. The summed E-state index contributed by atoms with van der Waals surface area (Å²) in [5.74, 6) is -0.592. The molecule has 11 heteroatoms. The molecular weight excluding hydrogens is 437 g/mol. The molecule has 0 fully saturated rings. The molecule has 0 aliphatic heterocycles. The first kappa shape index (κ1) is 23.2. The summed E-state index contributed by atoms with van der Waals surface area (Å²) >= 11 is 19.1. The zero-order valence-electron chi connectivity index (χ0n) is 14.2. The van der Waals surface area contributed by atoms with Crippen molar-refractivity contribution in [3.63, 3.8) is 0 Å². The van der Waals surface area contributed by atoms with Crippen LogP contribution < -0.4 is 0 Å². The lowest BCUT2D eigenvalue weighted by molar-refractivity contribution is -0.124. The van der Waals surface area contributed by atoms with Crippen molar-refractivity contribution in [3.8, 4) is 0 Å². The summed E-state index contributed by atoms with van der Waals surface area (Å²) in [4.78, 5) is 23.9. The van der Waals surface area contributed by atoms with E-state index in [2.05, 4.69) is 0 Å². The van der Waals surface area contributed by atoms with E-state index in [0.717, 1.165) is 4.90 Å². The molecule has 1 aromatic carbocycles. The number of alkyl halides is 1. The van der Waals surface area contributed by atoms with E-state index in [4.69, 9.17) is 35.6 Å². The van der Waals surface area contributed by atoms with Crippen molar-refractivity contribution in [2.45, 2.75) is 18.7 Å². The fourth-order valence-corrected chi connectivity index (χ4v) is 7.28. The van der Waals surface area contributed by atoms with Gasteiger partial charge in [-0.25, -0.2) is 0 Å². The molecule has 0 spiro atoms. The smallest absolute Gasteiger partial charge is 0.243 e. The van der Waals surface area contributed by atoms with Crippen LogP contribution in [0.15, 0.2) is 35.2 Å². The van der Waals surface area contributed by atoms with E-state index in [1.54, 1.807) is 22.4 Å². The Morgan fingerprint density at radius 1 is 1.28 bits per heavy atom. The van der Waals surface area contributed by atoms with Gasteiger partial charge in [0.25, 0.3) is 0 Å². The van der Waals surface area contributed by atoms with Crippen LogP contribution in [0.2, 0.25) is 0 Å². The van der Waals surface area contributed by atoms with Gasteiger partial charge in [-0.15, -0.1) is 11.6 Å². The van der Waals surface area contributed by atoms with E-state index in [1.165, 1.54) is 28.6 Å². The highest BCUT2D eigenvalue weighted by molar-refractivity contribution is 8.24. The predicted octanol–water partition coefficient (Wildman–Crippen LogP) is 4.18. The van der Waals surface area contributed by atoms with Crippen molar-refractivity contribution in [2.75, 3.05) is 26.0 Å². The lowest BCUT2D eigenvalue weighted by Crippen LogP contribution is -2.35. The number of hydrogen-bond acceptors (Lipinski definition) is 5. The molecule has 1 aromatic rings. The van der Waals surface area contributed by atoms with Crippen molar-refractivity contribution in [1.82, 2.24) is 13.1 Å². The van der Waals surface area contributed by atoms with Crippen LogP contribution in [-0.4, -0.2) is 54.2 Å². The number of carbonyl (C=O) groups is 1. The maximum Gasteiger partial charge on any atom is 0.243 e. The molecular formula is C14H21ClN3O2PS4. The van der Waals surface area contributed by atoms with Gasteiger partial charge in [-0.1, -0.05) is 49.1 Å². The van der Waals surface area contributed by atoms with Crippen LogP contribution in [-0.2, 0) is 16.6 Å². The van der Waals surface area contributed by atoms with Gasteiger partial charge < -0.3 is 4.89 Å². The third-order valence-electron chi connectivity index (χ3n) is 3.00. The molecule has 1 amide bonds. The summed E-state index contributed by atoms with van der Waals surface area (Å²) in [6, 6.07) is 9.78. The van der Waals surface area contributed by atoms with E-state index in [0.29, 0.717) is 17.4 Å². The topological polar surface area (TPSA) is 47.0 Å². The van der Waals surface area contributed by atoms with E-state index in [9.17, 15) is 9.69 Å². The average molecular weight is 458 g/mol. The number of hydrogen-bond donors (Lipinski definition) is 1. The summed E-state index contributed by atoms with van der Waals surface area (Å²) in [7, 11) is 1.81. The van der Waals surface area contributed by atoms with Crippen LogP contribution in [0.1, 0.15) is 13.8 Å². The Balaban J connectivity index is 2.83. The quantitative estimate of drug-likeness (QED) is 0.205. The van der Waals surface area contributed by atoms with Crippen molar-refractivity contribution in [2.24, 2.45) is 0 Å². The molecule has 140 valence electrons. The van der Waals surface area contributed by atoms with Crippen LogP contribution in [0.3, 0.4) is 0 Å². The maximum absolute atomic E-state index is 12.0. The number of halogens is 1. The molecule has 1 unspecified atom stereocenters. The molecule has 1 N–H and O–H groups in total. The van der Waals surface area contributed by atoms with Gasteiger partial charge in [-0.2, -0.15) is 4.08 Å². The second-order valence-corrected chi connectivity index (χ2v) is 11.5. The molecule has 5 nitrogen and oxygen atoms in total. The molecule has 0 bridgehead atoms. The number of carbonyl (C=O) groups excluding carboxylic acids is 1. The third kappa shape index (κ3) is 6.66. The van der Waals surface area contributed by atoms with E-state index >= 15 is 0 Å². The highest BCUT2D eigenvalue weighted by Crippen LogP contribution is 2.53. The second kappa shape index (κ2) is 11.1. The van der Waals surface area contributed by atoms with Crippen molar-refractivity contribution in [3.05, 3.63) is 30.3 Å². The summed E-state index contributed by atoms with van der Waals surface area (Å²) in [6.07, 6.45) is 0. The number of thiocarbonyl (C=S) groups is 1. The van der Waals surface area contributed by atoms with Crippen LogP contribution in [0.4, 0.5) is 0 Å². The zero-order valence-corrected chi connectivity index (χ0v) is 19.1. The largest absolute Gasteiger partial charge is 0.338 e. The summed E-state index contributed by atoms with van der Waals surface area (Å²) in [6.45, 7) is 1.13. The first-order chi connectivity index (χ1) is 11.8. The first-order valence-electron chi connectivity index (χ1n) is 7.44. The fourth-order valence-electron chi connectivity index (χ4n) is 1.81. The molecule has 0 saturated heterocycles. The fraction of sp³-hybridized carbons (Fsp3) is 0.429. The number of benzene rings is 1. The molecule has 0 aromatic heterocycles. The molecule has 0 saturated carbocycles. The molecule has 1 rings (SSSR count). The van der Waals surface area contributed by atoms with Crippen LogP contribution in [0.5, 0.6) is 0 Å². The lowest BCUT2D eigenvalue weighted by atomic mass is 10.4. The van der Waals surface area contributed by atoms with Gasteiger partial charge in [-0.3, -0.25) is 13.8 Å². The molecule has 0 radical (unpaired) electrons. The van der Waals surface area contributed by atoms with Crippen molar-refractivity contribution in [1.29, 1.82) is 0 Å². The highest BCUT2D eigenvalue weighted by Gasteiger charge is 2.34. The van der Waals surface area contributed by atoms with Gasteiger partial charge in [0, 0.05) is 37.2 Å². The second-order valence-electron chi connectivity index (χ2n) is 4.68.